The Bertz CT molecular complexity index is 943. The van der Waals surface area contributed by atoms with Gasteiger partial charge in [-0.15, -0.1) is 0 Å². The molecule has 1 spiro atoms. The van der Waals surface area contributed by atoms with Gasteiger partial charge < -0.3 is 9.32 Å². The highest BCUT2D eigenvalue weighted by Gasteiger charge is 2.43. The summed E-state index contributed by atoms with van der Waals surface area (Å²) in [5, 5.41) is 6.48. The van der Waals surface area contributed by atoms with Gasteiger partial charge in [0.05, 0.1) is 12.8 Å². The van der Waals surface area contributed by atoms with E-state index in [4.69, 9.17) is 4.42 Å². The molecule has 7 nitrogen and oxygen atoms in total. The number of piperidine rings is 1. The van der Waals surface area contributed by atoms with Crippen molar-refractivity contribution in [3.05, 3.63) is 71.7 Å². The van der Waals surface area contributed by atoms with Gasteiger partial charge in [-0.3, -0.25) is 14.8 Å². The molecule has 1 saturated heterocycles. The molecule has 0 bridgehead atoms. The van der Waals surface area contributed by atoms with Crippen molar-refractivity contribution in [2.24, 2.45) is 0 Å². The zero-order valence-electron chi connectivity index (χ0n) is 15.7. The number of hydrogen-bond donors (Lipinski definition) is 1. The highest BCUT2D eigenvalue weighted by Crippen LogP contribution is 2.42. The SMILES string of the molecule is O=C(c1ncn[nH]1)N1CCC2(CC1)CN(Cc1ccco1)Cc1ccccc12. The van der Waals surface area contributed by atoms with E-state index in [1.807, 2.05) is 17.0 Å². The van der Waals surface area contributed by atoms with Crippen LogP contribution in [0.5, 0.6) is 0 Å². The largest absolute Gasteiger partial charge is 0.468 e. The van der Waals surface area contributed by atoms with Crippen LogP contribution in [-0.2, 0) is 18.5 Å². The molecule has 1 fully saturated rings. The molecule has 0 unspecified atom stereocenters. The number of fused-ring (bicyclic) bond motifs is 2. The van der Waals surface area contributed by atoms with E-state index in [2.05, 4.69) is 44.3 Å². The Hall–Kier alpha value is -2.93. The van der Waals surface area contributed by atoms with Gasteiger partial charge in [0.25, 0.3) is 5.91 Å². The minimum absolute atomic E-state index is 0.0658. The first-order valence-corrected chi connectivity index (χ1v) is 9.71. The van der Waals surface area contributed by atoms with Crippen molar-refractivity contribution in [1.29, 1.82) is 0 Å². The van der Waals surface area contributed by atoms with Gasteiger partial charge in [0, 0.05) is 31.6 Å². The fraction of sp³-hybridized carbons (Fsp3) is 0.381. The van der Waals surface area contributed by atoms with Crippen molar-refractivity contribution in [3.63, 3.8) is 0 Å². The first kappa shape index (κ1) is 17.2. The van der Waals surface area contributed by atoms with E-state index >= 15 is 0 Å². The van der Waals surface area contributed by atoms with Crippen LogP contribution in [0.15, 0.2) is 53.4 Å². The van der Waals surface area contributed by atoms with E-state index in [1.54, 1.807) is 6.26 Å². The number of aromatic amines is 1. The van der Waals surface area contributed by atoms with Crippen LogP contribution >= 0.6 is 0 Å². The highest BCUT2D eigenvalue weighted by molar-refractivity contribution is 5.90. The summed E-state index contributed by atoms with van der Waals surface area (Å²) in [6.45, 7) is 4.17. The number of likely N-dealkylation sites (tertiary alicyclic amines) is 1. The lowest BCUT2D eigenvalue weighted by Gasteiger charge is -2.48. The summed E-state index contributed by atoms with van der Waals surface area (Å²) in [5.41, 5.74) is 2.90. The molecule has 0 radical (unpaired) electrons. The van der Waals surface area contributed by atoms with Crippen molar-refractivity contribution in [2.75, 3.05) is 19.6 Å². The normalized spacial score (nSPS) is 18.9. The second-order valence-corrected chi connectivity index (χ2v) is 7.79. The second kappa shape index (κ2) is 6.91. The highest BCUT2D eigenvalue weighted by atomic mass is 16.3. The molecule has 5 rings (SSSR count). The number of hydrogen-bond acceptors (Lipinski definition) is 5. The molecule has 28 heavy (non-hydrogen) atoms. The van der Waals surface area contributed by atoms with Crippen LogP contribution in [0.2, 0.25) is 0 Å². The maximum atomic E-state index is 12.6. The average Bonchev–Trinajstić information content (AvgIpc) is 3.42. The molecule has 2 aliphatic heterocycles. The molecular formula is C21H23N5O2. The van der Waals surface area contributed by atoms with Crippen LogP contribution in [0.4, 0.5) is 0 Å². The summed E-state index contributed by atoms with van der Waals surface area (Å²) in [6, 6.07) is 12.7. The zero-order chi connectivity index (χ0) is 19.0. The van der Waals surface area contributed by atoms with Crippen molar-refractivity contribution >= 4 is 5.91 Å². The van der Waals surface area contributed by atoms with E-state index in [1.165, 1.54) is 17.5 Å². The maximum absolute atomic E-state index is 12.6. The number of carbonyl (C=O) groups is 1. The van der Waals surface area contributed by atoms with E-state index in [9.17, 15) is 4.79 Å². The molecule has 7 heteroatoms. The molecule has 1 amide bonds. The molecule has 0 aliphatic carbocycles. The van der Waals surface area contributed by atoms with Crippen molar-refractivity contribution in [1.82, 2.24) is 25.0 Å². The van der Waals surface area contributed by atoms with Gasteiger partial charge in [-0.05, 0) is 36.1 Å². The van der Waals surface area contributed by atoms with E-state index in [-0.39, 0.29) is 11.3 Å². The Morgan fingerprint density at radius 2 is 2.04 bits per heavy atom. The number of furan rings is 1. The zero-order valence-corrected chi connectivity index (χ0v) is 15.7. The number of aromatic nitrogens is 3. The standard InChI is InChI=1S/C21H23N5O2/c27-20(19-22-15-23-24-19)26-9-7-21(8-10-26)14-25(13-17-5-3-11-28-17)12-16-4-1-2-6-18(16)21/h1-6,11,15H,7-10,12-14H2,(H,22,23,24). The number of benzene rings is 1. The molecule has 2 aromatic heterocycles. The third-order valence-electron chi connectivity index (χ3n) is 6.09. The topological polar surface area (TPSA) is 78.3 Å². The van der Waals surface area contributed by atoms with Gasteiger partial charge in [-0.25, -0.2) is 4.98 Å². The van der Waals surface area contributed by atoms with Crippen molar-refractivity contribution < 1.29 is 9.21 Å². The third-order valence-corrected chi connectivity index (χ3v) is 6.09. The molecular weight excluding hydrogens is 354 g/mol. The number of carbonyl (C=O) groups excluding carboxylic acids is 1. The summed E-state index contributed by atoms with van der Waals surface area (Å²) in [7, 11) is 0. The predicted octanol–water partition coefficient (Wildman–Crippen LogP) is 2.59. The summed E-state index contributed by atoms with van der Waals surface area (Å²) < 4.78 is 5.58. The minimum Gasteiger partial charge on any atom is -0.468 e. The molecule has 2 aliphatic rings. The van der Waals surface area contributed by atoms with Crippen LogP contribution in [0, 0.1) is 0 Å². The van der Waals surface area contributed by atoms with Crippen molar-refractivity contribution in [2.45, 2.75) is 31.3 Å². The molecule has 144 valence electrons. The lowest BCUT2D eigenvalue weighted by Crippen LogP contribution is -2.52. The van der Waals surface area contributed by atoms with Crippen LogP contribution in [-0.4, -0.2) is 50.5 Å². The fourth-order valence-electron chi connectivity index (χ4n) is 4.74. The molecule has 4 heterocycles. The first-order valence-electron chi connectivity index (χ1n) is 9.71. The Morgan fingerprint density at radius 3 is 2.79 bits per heavy atom. The van der Waals surface area contributed by atoms with Crippen LogP contribution < -0.4 is 0 Å². The number of nitrogens with zero attached hydrogens (tertiary/aromatic N) is 4. The van der Waals surface area contributed by atoms with Crippen molar-refractivity contribution in [3.8, 4) is 0 Å². The van der Waals surface area contributed by atoms with Gasteiger partial charge in [0.2, 0.25) is 5.82 Å². The second-order valence-electron chi connectivity index (χ2n) is 7.79. The Labute approximate surface area is 163 Å². The lowest BCUT2D eigenvalue weighted by molar-refractivity contribution is 0.0569. The van der Waals surface area contributed by atoms with Gasteiger partial charge in [0.1, 0.15) is 12.1 Å². The molecule has 0 atom stereocenters. The predicted molar refractivity (Wildman–Crippen MR) is 102 cm³/mol. The number of amides is 1. The first-order chi connectivity index (χ1) is 13.7. The quantitative estimate of drug-likeness (QED) is 0.759. The summed E-state index contributed by atoms with van der Waals surface area (Å²) in [4.78, 5) is 21.0. The van der Waals surface area contributed by atoms with Crippen LogP contribution in [0.3, 0.4) is 0 Å². The van der Waals surface area contributed by atoms with E-state index in [0.29, 0.717) is 5.82 Å². The Morgan fingerprint density at radius 1 is 1.18 bits per heavy atom. The smallest absolute Gasteiger partial charge is 0.291 e. The van der Waals surface area contributed by atoms with Gasteiger partial charge in [-0.2, -0.15) is 5.10 Å². The van der Waals surface area contributed by atoms with E-state index < -0.39 is 0 Å². The van der Waals surface area contributed by atoms with Gasteiger partial charge >= 0.3 is 0 Å². The maximum Gasteiger partial charge on any atom is 0.291 e. The lowest BCUT2D eigenvalue weighted by atomic mass is 9.69. The number of nitrogens with one attached hydrogen (secondary N) is 1. The average molecular weight is 377 g/mol. The third kappa shape index (κ3) is 3.01. The number of rotatable bonds is 3. The Balaban J connectivity index is 1.38. The summed E-state index contributed by atoms with van der Waals surface area (Å²) >= 11 is 0. The van der Waals surface area contributed by atoms with E-state index in [0.717, 1.165) is 51.3 Å². The van der Waals surface area contributed by atoms with Crippen LogP contribution in [0.25, 0.3) is 0 Å². The number of H-pyrrole nitrogens is 1. The molecule has 1 aromatic carbocycles. The molecule has 0 saturated carbocycles. The summed E-state index contributed by atoms with van der Waals surface area (Å²) in [5.74, 6) is 1.25. The molecule has 1 N–H and O–H groups in total. The van der Waals surface area contributed by atoms with Crippen LogP contribution in [0.1, 0.15) is 40.3 Å². The van der Waals surface area contributed by atoms with Gasteiger partial charge in [0.15, 0.2) is 0 Å². The minimum atomic E-state index is -0.0658. The van der Waals surface area contributed by atoms with Gasteiger partial charge in [-0.1, -0.05) is 24.3 Å². The monoisotopic (exact) mass is 377 g/mol. The Kier molecular flexibility index (Phi) is 4.24. The molecule has 3 aromatic rings. The fourth-order valence-corrected chi connectivity index (χ4v) is 4.74. The summed E-state index contributed by atoms with van der Waals surface area (Å²) in [6.07, 6.45) is 5.00.